The Balaban J connectivity index is 1.93. The first-order valence-corrected chi connectivity index (χ1v) is 7.75. The molecule has 1 aliphatic rings. The third-order valence-corrected chi connectivity index (χ3v) is 3.64. The Kier molecular flexibility index (Phi) is 5.96. The molecule has 124 valence electrons. The van der Waals surface area contributed by atoms with E-state index in [1.165, 1.54) is 7.05 Å². The van der Waals surface area contributed by atoms with Gasteiger partial charge in [0.25, 0.3) is 0 Å². The maximum absolute atomic E-state index is 12.1. The minimum Gasteiger partial charge on any atom is -0.341 e. The summed E-state index contributed by atoms with van der Waals surface area (Å²) in [6.45, 7) is 0.691. The van der Waals surface area contributed by atoms with E-state index in [-0.39, 0.29) is 24.4 Å². The summed E-state index contributed by atoms with van der Waals surface area (Å²) in [6.07, 6.45) is 3.37. The second-order valence-electron chi connectivity index (χ2n) is 5.46. The molecule has 0 radical (unpaired) electrons. The third-order valence-electron chi connectivity index (χ3n) is 3.64. The van der Waals surface area contributed by atoms with Crippen LogP contribution in [0.15, 0.2) is 24.3 Å². The molecular weight excluding hydrogens is 296 g/mol. The van der Waals surface area contributed by atoms with Crippen LogP contribution in [0.25, 0.3) is 0 Å². The van der Waals surface area contributed by atoms with Crippen LogP contribution in [0.4, 0.5) is 16.2 Å². The lowest BCUT2D eigenvalue weighted by molar-refractivity contribution is -0.134. The second kappa shape index (κ2) is 8.17. The maximum atomic E-state index is 12.1. The van der Waals surface area contributed by atoms with E-state index in [1.807, 2.05) is 0 Å². The van der Waals surface area contributed by atoms with Crippen LogP contribution >= 0.6 is 0 Å². The third kappa shape index (κ3) is 5.28. The molecule has 1 aromatic rings. The van der Waals surface area contributed by atoms with Crippen LogP contribution in [0.1, 0.15) is 25.7 Å². The highest BCUT2D eigenvalue weighted by Gasteiger charge is 2.19. The standard InChI is InChI=1S/C16H22N4O3/c1-17-16(23)19-13-7-5-6-12(10-13)18-14(21)11-20-9-4-2-3-8-15(20)22/h5-7,10H,2-4,8-9,11H2,1H3,(H,18,21)(H2,17,19,23). The predicted molar refractivity (Wildman–Crippen MR) is 88.2 cm³/mol. The van der Waals surface area contributed by atoms with Crippen LogP contribution in [-0.2, 0) is 9.59 Å². The second-order valence-corrected chi connectivity index (χ2v) is 5.46. The number of carbonyl (C=O) groups excluding carboxylic acids is 3. The van der Waals surface area contributed by atoms with E-state index in [1.54, 1.807) is 29.2 Å². The predicted octanol–water partition coefficient (Wildman–Crippen LogP) is 1.78. The Hall–Kier alpha value is -2.57. The molecule has 0 spiro atoms. The summed E-state index contributed by atoms with van der Waals surface area (Å²) in [4.78, 5) is 36.9. The van der Waals surface area contributed by atoms with Crippen molar-refractivity contribution in [3.05, 3.63) is 24.3 Å². The van der Waals surface area contributed by atoms with Gasteiger partial charge in [0.15, 0.2) is 0 Å². The minimum absolute atomic E-state index is 0.0349. The van der Waals surface area contributed by atoms with Crippen molar-refractivity contribution >= 4 is 29.2 Å². The highest BCUT2D eigenvalue weighted by molar-refractivity contribution is 5.96. The molecule has 1 aromatic carbocycles. The van der Waals surface area contributed by atoms with Crippen molar-refractivity contribution in [1.82, 2.24) is 10.2 Å². The quantitative estimate of drug-likeness (QED) is 0.790. The first-order valence-electron chi connectivity index (χ1n) is 7.75. The maximum Gasteiger partial charge on any atom is 0.318 e. The van der Waals surface area contributed by atoms with E-state index in [0.717, 1.165) is 19.3 Å². The molecule has 0 unspecified atom stereocenters. The molecule has 0 aliphatic carbocycles. The van der Waals surface area contributed by atoms with E-state index in [4.69, 9.17) is 0 Å². The number of amides is 4. The Morgan fingerprint density at radius 1 is 1.13 bits per heavy atom. The Morgan fingerprint density at radius 3 is 2.61 bits per heavy atom. The number of hydrogen-bond donors (Lipinski definition) is 3. The molecule has 3 N–H and O–H groups in total. The van der Waals surface area contributed by atoms with Crippen LogP contribution in [0.5, 0.6) is 0 Å². The summed E-state index contributed by atoms with van der Waals surface area (Å²) in [6, 6.07) is 6.53. The number of hydrogen-bond acceptors (Lipinski definition) is 3. The molecule has 2 rings (SSSR count). The van der Waals surface area contributed by atoms with Crippen LogP contribution in [0, 0.1) is 0 Å². The van der Waals surface area contributed by atoms with Crippen molar-refractivity contribution in [1.29, 1.82) is 0 Å². The van der Waals surface area contributed by atoms with Crippen LogP contribution in [0.3, 0.4) is 0 Å². The monoisotopic (exact) mass is 318 g/mol. The normalized spacial score (nSPS) is 14.8. The summed E-state index contributed by atoms with van der Waals surface area (Å²) in [5.41, 5.74) is 1.15. The fourth-order valence-corrected chi connectivity index (χ4v) is 2.45. The van der Waals surface area contributed by atoms with Gasteiger partial charge in [-0.05, 0) is 31.0 Å². The fraction of sp³-hybridized carbons (Fsp3) is 0.438. The van der Waals surface area contributed by atoms with Crippen molar-refractivity contribution in [3.63, 3.8) is 0 Å². The number of urea groups is 1. The van der Waals surface area contributed by atoms with Gasteiger partial charge in [-0.1, -0.05) is 12.5 Å². The van der Waals surface area contributed by atoms with Gasteiger partial charge in [0.2, 0.25) is 11.8 Å². The van der Waals surface area contributed by atoms with Crippen molar-refractivity contribution in [2.75, 3.05) is 30.8 Å². The number of carbonyl (C=O) groups is 3. The van der Waals surface area contributed by atoms with Gasteiger partial charge in [0.1, 0.15) is 0 Å². The zero-order valence-corrected chi connectivity index (χ0v) is 13.2. The number of likely N-dealkylation sites (tertiary alicyclic amines) is 1. The molecule has 1 aliphatic heterocycles. The van der Waals surface area contributed by atoms with E-state index in [9.17, 15) is 14.4 Å². The molecule has 7 heteroatoms. The highest BCUT2D eigenvalue weighted by Crippen LogP contribution is 2.16. The molecule has 1 heterocycles. The van der Waals surface area contributed by atoms with Gasteiger partial charge in [-0.3, -0.25) is 9.59 Å². The first kappa shape index (κ1) is 16.8. The molecule has 7 nitrogen and oxygen atoms in total. The number of benzene rings is 1. The highest BCUT2D eigenvalue weighted by atomic mass is 16.2. The molecule has 1 fully saturated rings. The SMILES string of the molecule is CNC(=O)Nc1cccc(NC(=O)CN2CCCCCC2=O)c1. The lowest BCUT2D eigenvalue weighted by Crippen LogP contribution is -2.37. The summed E-state index contributed by atoms with van der Waals surface area (Å²) in [7, 11) is 1.53. The van der Waals surface area contributed by atoms with Crippen LogP contribution in [-0.4, -0.2) is 42.9 Å². The van der Waals surface area contributed by atoms with Gasteiger partial charge < -0.3 is 20.9 Å². The molecule has 4 amide bonds. The molecule has 0 bridgehead atoms. The summed E-state index contributed by atoms with van der Waals surface area (Å²) >= 11 is 0. The van der Waals surface area contributed by atoms with Crippen molar-refractivity contribution in [3.8, 4) is 0 Å². The Morgan fingerprint density at radius 2 is 1.87 bits per heavy atom. The van der Waals surface area contributed by atoms with E-state index < -0.39 is 0 Å². The largest absolute Gasteiger partial charge is 0.341 e. The molecule has 0 atom stereocenters. The van der Waals surface area contributed by atoms with Gasteiger partial charge in [0.05, 0.1) is 6.54 Å². The molecular formula is C16H22N4O3. The minimum atomic E-state index is -0.330. The summed E-state index contributed by atoms with van der Waals surface area (Å²) in [5, 5.41) is 7.85. The van der Waals surface area contributed by atoms with Gasteiger partial charge in [-0.2, -0.15) is 0 Å². The van der Waals surface area contributed by atoms with Gasteiger partial charge in [-0.25, -0.2) is 4.79 Å². The zero-order valence-electron chi connectivity index (χ0n) is 13.2. The van der Waals surface area contributed by atoms with Crippen molar-refractivity contribution < 1.29 is 14.4 Å². The van der Waals surface area contributed by atoms with E-state index in [0.29, 0.717) is 24.3 Å². The van der Waals surface area contributed by atoms with Crippen LogP contribution < -0.4 is 16.0 Å². The molecule has 0 aromatic heterocycles. The Bertz CT molecular complexity index is 588. The van der Waals surface area contributed by atoms with Gasteiger partial charge >= 0.3 is 6.03 Å². The number of anilines is 2. The van der Waals surface area contributed by atoms with Crippen molar-refractivity contribution in [2.24, 2.45) is 0 Å². The van der Waals surface area contributed by atoms with Crippen LogP contribution in [0.2, 0.25) is 0 Å². The fourth-order valence-electron chi connectivity index (χ4n) is 2.45. The average Bonchev–Trinajstić information content (AvgIpc) is 2.72. The topological polar surface area (TPSA) is 90.5 Å². The molecule has 0 saturated carbocycles. The molecule has 1 saturated heterocycles. The zero-order chi connectivity index (χ0) is 16.7. The van der Waals surface area contributed by atoms with E-state index >= 15 is 0 Å². The average molecular weight is 318 g/mol. The molecule has 23 heavy (non-hydrogen) atoms. The van der Waals surface area contributed by atoms with Gasteiger partial charge in [-0.15, -0.1) is 0 Å². The lowest BCUT2D eigenvalue weighted by atomic mass is 10.2. The first-order chi connectivity index (χ1) is 11.1. The number of rotatable bonds is 4. The number of nitrogens with one attached hydrogen (secondary N) is 3. The number of nitrogens with zero attached hydrogens (tertiary/aromatic N) is 1. The summed E-state index contributed by atoms with van der Waals surface area (Å²) < 4.78 is 0. The summed E-state index contributed by atoms with van der Waals surface area (Å²) in [5.74, 6) is -0.204. The lowest BCUT2D eigenvalue weighted by Gasteiger charge is -2.19. The van der Waals surface area contributed by atoms with Crippen molar-refractivity contribution in [2.45, 2.75) is 25.7 Å². The van der Waals surface area contributed by atoms with Gasteiger partial charge in [0, 0.05) is 31.4 Å². The smallest absolute Gasteiger partial charge is 0.318 e. The Labute approximate surface area is 135 Å². The van der Waals surface area contributed by atoms with E-state index in [2.05, 4.69) is 16.0 Å².